The summed E-state index contributed by atoms with van der Waals surface area (Å²) in [6.07, 6.45) is 3.20. The van der Waals surface area contributed by atoms with Crippen LogP contribution in [0.2, 0.25) is 5.02 Å². The van der Waals surface area contributed by atoms with E-state index < -0.39 is 17.6 Å². The molecule has 2 atom stereocenters. The summed E-state index contributed by atoms with van der Waals surface area (Å²) in [5.74, 6) is -0.704. The van der Waals surface area contributed by atoms with E-state index in [9.17, 15) is 19.8 Å². The molecule has 0 aliphatic heterocycles. The van der Waals surface area contributed by atoms with Crippen molar-refractivity contribution in [1.29, 1.82) is 0 Å². The van der Waals surface area contributed by atoms with E-state index in [1.165, 1.54) is 0 Å². The Bertz CT molecular complexity index is 1550. The molecule has 45 heavy (non-hydrogen) atoms. The van der Waals surface area contributed by atoms with Gasteiger partial charge in [-0.15, -0.1) is 0 Å². The van der Waals surface area contributed by atoms with Crippen LogP contribution in [0, 0.1) is 12.8 Å². The first kappa shape index (κ1) is 33.7. The number of aliphatic imine (C=N–C) groups is 1. The van der Waals surface area contributed by atoms with Gasteiger partial charge in [-0.05, 0) is 74.2 Å². The number of halogens is 1. The molecular weight excluding hydrogens is 592 g/mol. The van der Waals surface area contributed by atoms with Crippen molar-refractivity contribution in [2.24, 2.45) is 10.9 Å². The third kappa shape index (κ3) is 8.74. The number of amides is 1. The van der Waals surface area contributed by atoms with E-state index in [0.29, 0.717) is 35.1 Å². The number of methoxy groups -OCH3 is 1. The van der Waals surface area contributed by atoms with Gasteiger partial charge < -0.3 is 25.0 Å². The van der Waals surface area contributed by atoms with Crippen LogP contribution >= 0.6 is 11.6 Å². The van der Waals surface area contributed by atoms with Crippen LogP contribution in [0.15, 0.2) is 83.9 Å². The number of ether oxygens (including phenoxy) is 2. The number of carboxylic acids is 1. The second-order valence-electron chi connectivity index (χ2n) is 11.7. The standard InChI is InChI=1S/C36H41ClN2O6/c1-23(2)32(39-34(26-13-15-28(37)16-14-26)31-19-29(44-4)17-12-24(31)3)20-33(40)38-21-25-8-7-11-30(18-25)45-22-36(43,35(41)42)27-9-5-6-10-27/h7-8,11-19,27,32,43H,1,5-6,9-10,20-22H2,2-4H3,(H,38,40)(H,41,42). The number of hydrogen-bond acceptors (Lipinski definition) is 6. The highest BCUT2D eigenvalue weighted by Crippen LogP contribution is 2.35. The number of aryl methyl sites for hydroxylation is 1. The molecule has 0 radical (unpaired) electrons. The van der Waals surface area contributed by atoms with Crippen molar-refractivity contribution in [3.05, 3.63) is 106 Å². The number of nitrogens with zero attached hydrogens (tertiary/aromatic N) is 1. The van der Waals surface area contributed by atoms with Crippen LogP contribution in [0.3, 0.4) is 0 Å². The molecule has 1 aliphatic carbocycles. The van der Waals surface area contributed by atoms with Crippen molar-refractivity contribution in [2.45, 2.75) is 64.1 Å². The summed E-state index contributed by atoms with van der Waals surface area (Å²) in [6.45, 7) is 7.85. The van der Waals surface area contributed by atoms with Gasteiger partial charge in [-0.25, -0.2) is 4.79 Å². The van der Waals surface area contributed by atoms with E-state index in [-0.39, 0.29) is 31.4 Å². The summed E-state index contributed by atoms with van der Waals surface area (Å²) in [7, 11) is 1.61. The Morgan fingerprint density at radius 2 is 1.80 bits per heavy atom. The van der Waals surface area contributed by atoms with Crippen molar-refractivity contribution in [1.82, 2.24) is 5.32 Å². The molecule has 3 aromatic rings. The van der Waals surface area contributed by atoms with Crippen LogP contribution in [0.4, 0.5) is 0 Å². The molecule has 0 heterocycles. The normalized spacial score (nSPS) is 15.6. The number of carboxylic acid groups (broad SMARTS) is 1. The van der Waals surface area contributed by atoms with Crippen molar-refractivity contribution in [2.75, 3.05) is 13.7 Å². The lowest BCUT2D eigenvalue weighted by atomic mass is 9.87. The zero-order valence-electron chi connectivity index (χ0n) is 26.0. The number of aliphatic hydroxyl groups is 1. The van der Waals surface area contributed by atoms with Gasteiger partial charge in [-0.1, -0.05) is 66.9 Å². The van der Waals surface area contributed by atoms with E-state index in [0.717, 1.165) is 40.7 Å². The van der Waals surface area contributed by atoms with Gasteiger partial charge in [-0.2, -0.15) is 0 Å². The van der Waals surface area contributed by atoms with Crippen molar-refractivity contribution >= 4 is 29.2 Å². The minimum atomic E-state index is -1.94. The molecule has 0 bridgehead atoms. The minimum Gasteiger partial charge on any atom is -0.497 e. The van der Waals surface area contributed by atoms with E-state index in [1.807, 2.05) is 50.2 Å². The molecule has 2 unspecified atom stereocenters. The van der Waals surface area contributed by atoms with Crippen LogP contribution in [-0.4, -0.2) is 53.2 Å². The lowest BCUT2D eigenvalue weighted by molar-refractivity contribution is -0.169. The molecule has 0 saturated heterocycles. The minimum absolute atomic E-state index is 0.0820. The predicted molar refractivity (Wildman–Crippen MR) is 176 cm³/mol. The van der Waals surface area contributed by atoms with Gasteiger partial charge in [0.2, 0.25) is 5.91 Å². The van der Waals surface area contributed by atoms with E-state index >= 15 is 0 Å². The highest BCUT2D eigenvalue weighted by Gasteiger charge is 2.46. The molecule has 0 aromatic heterocycles. The summed E-state index contributed by atoms with van der Waals surface area (Å²) in [5, 5.41) is 24.1. The maximum atomic E-state index is 13.2. The molecule has 3 aromatic carbocycles. The molecule has 238 valence electrons. The Morgan fingerprint density at radius 3 is 2.44 bits per heavy atom. The van der Waals surface area contributed by atoms with Crippen LogP contribution < -0.4 is 14.8 Å². The monoisotopic (exact) mass is 632 g/mol. The zero-order chi connectivity index (χ0) is 32.6. The Balaban J connectivity index is 1.47. The fraction of sp³-hybridized carbons (Fsp3) is 0.361. The quantitative estimate of drug-likeness (QED) is 0.137. The molecular formula is C36H41ClN2O6. The average Bonchev–Trinajstić information content (AvgIpc) is 3.58. The Morgan fingerprint density at radius 1 is 1.09 bits per heavy atom. The first-order chi connectivity index (χ1) is 21.5. The third-order valence-electron chi connectivity index (χ3n) is 8.30. The molecule has 1 amide bonds. The number of carbonyl (C=O) groups excluding carboxylic acids is 1. The summed E-state index contributed by atoms with van der Waals surface area (Å²) in [5.41, 5.74) is 3.00. The van der Waals surface area contributed by atoms with Gasteiger partial charge in [0.05, 0.1) is 25.3 Å². The first-order valence-electron chi connectivity index (χ1n) is 15.1. The summed E-state index contributed by atoms with van der Waals surface area (Å²) in [6, 6.07) is 19.7. The molecule has 1 fully saturated rings. The van der Waals surface area contributed by atoms with Gasteiger partial charge in [-0.3, -0.25) is 9.79 Å². The zero-order valence-corrected chi connectivity index (χ0v) is 26.8. The van der Waals surface area contributed by atoms with Gasteiger partial charge in [0.1, 0.15) is 18.1 Å². The van der Waals surface area contributed by atoms with Gasteiger partial charge in [0.25, 0.3) is 0 Å². The number of rotatable bonds is 14. The fourth-order valence-corrected chi connectivity index (χ4v) is 5.65. The molecule has 3 N–H and O–H groups in total. The largest absolute Gasteiger partial charge is 0.497 e. The number of carbonyl (C=O) groups is 2. The van der Waals surface area contributed by atoms with Gasteiger partial charge >= 0.3 is 5.97 Å². The Hall–Kier alpha value is -4.14. The Kier molecular flexibility index (Phi) is 11.4. The first-order valence-corrected chi connectivity index (χ1v) is 15.5. The lowest BCUT2D eigenvalue weighted by Crippen LogP contribution is -2.50. The molecule has 8 nitrogen and oxygen atoms in total. The van der Waals surface area contributed by atoms with Crippen LogP contribution in [0.25, 0.3) is 0 Å². The smallest absolute Gasteiger partial charge is 0.339 e. The van der Waals surface area contributed by atoms with Crippen LogP contribution in [0.5, 0.6) is 11.5 Å². The third-order valence-corrected chi connectivity index (χ3v) is 8.55. The molecule has 9 heteroatoms. The fourth-order valence-electron chi connectivity index (χ4n) is 5.52. The maximum absolute atomic E-state index is 13.2. The highest BCUT2D eigenvalue weighted by molar-refractivity contribution is 6.30. The molecule has 4 rings (SSSR count). The second-order valence-corrected chi connectivity index (χ2v) is 12.1. The summed E-state index contributed by atoms with van der Waals surface area (Å²) < 4.78 is 11.2. The SMILES string of the molecule is C=C(C)C(CC(=O)NCc1cccc(OCC(O)(C(=O)O)C2CCCC2)c1)N=C(c1ccc(Cl)cc1)c1cc(OC)ccc1C. The second kappa shape index (κ2) is 15.2. The lowest BCUT2D eigenvalue weighted by Gasteiger charge is -2.29. The Labute approximate surface area is 269 Å². The van der Waals surface area contributed by atoms with Crippen LogP contribution in [0.1, 0.15) is 61.3 Å². The van der Waals surface area contributed by atoms with E-state index in [4.69, 9.17) is 26.1 Å². The number of nitrogens with one attached hydrogen (secondary N) is 1. The summed E-state index contributed by atoms with van der Waals surface area (Å²) in [4.78, 5) is 30.1. The van der Waals surface area contributed by atoms with Crippen molar-refractivity contribution in [3.63, 3.8) is 0 Å². The maximum Gasteiger partial charge on any atom is 0.339 e. The predicted octanol–water partition coefficient (Wildman–Crippen LogP) is 6.53. The van der Waals surface area contributed by atoms with Crippen LogP contribution in [-0.2, 0) is 16.1 Å². The number of benzene rings is 3. The summed E-state index contributed by atoms with van der Waals surface area (Å²) >= 11 is 6.17. The number of aliphatic carboxylic acids is 1. The van der Waals surface area contributed by atoms with Gasteiger partial charge in [0.15, 0.2) is 5.60 Å². The number of hydrogen-bond donors (Lipinski definition) is 3. The topological polar surface area (TPSA) is 117 Å². The van der Waals surface area contributed by atoms with E-state index in [2.05, 4.69) is 11.9 Å². The highest BCUT2D eigenvalue weighted by atomic mass is 35.5. The molecule has 1 aliphatic rings. The average molecular weight is 633 g/mol. The van der Waals surface area contributed by atoms with Crippen molar-refractivity contribution < 1.29 is 29.3 Å². The molecule has 0 spiro atoms. The molecule has 1 saturated carbocycles. The van der Waals surface area contributed by atoms with Gasteiger partial charge in [0, 0.05) is 28.6 Å². The van der Waals surface area contributed by atoms with E-state index in [1.54, 1.807) is 37.4 Å². The van der Waals surface area contributed by atoms with Crippen molar-refractivity contribution in [3.8, 4) is 11.5 Å².